The number of amides is 1. The zero-order valence-electron chi connectivity index (χ0n) is 20.2. The Morgan fingerprint density at radius 3 is 2.36 bits per heavy atom. The molecule has 8 nitrogen and oxygen atoms in total. The van der Waals surface area contributed by atoms with E-state index >= 15 is 0 Å². The van der Waals surface area contributed by atoms with Crippen LogP contribution in [0.2, 0.25) is 0 Å². The number of phenolic OH excluding ortho intramolecular Hbond substituents is 1. The van der Waals surface area contributed by atoms with Crippen molar-refractivity contribution in [3.63, 3.8) is 0 Å². The number of nitrogens with zero attached hydrogens (tertiary/aromatic N) is 1. The second-order valence-corrected chi connectivity index (χ2v) is 8.00. The Bertz CT molecular complexity index is 1320. The topological polar surface area (TPSA) is 117 Å². The fourth-order valence-corrected chi connectivity index (χ4v) is 3.25. The van der Waals surface area contributed by atoms with E-state index in [4.69, 9.17) is 4.74 Å². The fourth-order valence-electron chi connectivity index (χ4n) is 3.25. The van der Waals surface area contributed by atoms with Crippen molar-refractivity contribution in [2.75, 3.05) is 5.32 Å². The third kappa shape index (κ3) is 7.14. The highest BCUT2D eigenvalue weighted by atomic mass is 16.5. The van der Waals surface area contributed by atoms with E-state index < -0.39 is 12.0 Å². The van der Waals surface area contributed by atoms with Crippen molar-refractivity contribution in [1.29, 1.82) is 0 Å². The molecule has 1 atom stereocenters. The summed E-state index contributed by atoms with van der Waals surface area (Å²) in [4.78, 5) is 40.3. The second-order valence-electron chi connectivity index (χ2n) is 8.00. The van der Waals surface area contributed by atoms with E-state index in [9.17, 15) is 19.5 Å². The van der Waals surface area contributed by atoms with E-state index in [-0.39, 0.29) is 23.2 Å². The van der Waals surface area contributed by atoms with Crippen LogP contribution in [0.5, 0.6) is 11.5 Å². The van der Waals surface area contributed by atoms with Crippen LogP contribution in [0.15, 0.2) is 89.6 Å². The molecule has 0 heterocycles. The smallest absolute Gasteiger partial charge is 0.333 e. The molecule has 0 aromatic heterocycles. The SMILES string of the molecule is CC(=O)N[C@H](C)C(=O)Oc1cccc(C=Nc2ccccc2NC(C)=CC(=O)c2ccccc2)c1O. The van der Waals surface area contributed by atoms with Crippen molar-refractivity contribution in [2.24, 2.45) is 4.99 Å². The Morgan fingerprint density at radius 2 is 1.64 bits per heavy atom. The molecule has 1 amide bonds. The van der Waals surface area contributed by atoms with Gasteiger partial charge >= 0.3 is 5.97 Å². The summed E-state index contributed by atoms with van der Waals surface area (Å²) in [6, 6.07) is 20.0. The third-order valence-corrected chi connectivity index (χ3v) is 5.00. The largest absolute Gasteiger partial charge is 0.504 e. The minimum absolute atomic E-state index is 0.0502. The van der Waals surface area contributed by atoms with Crippen LogP contribution in [0.3, 0.4) is 0 Å². The fraction of sp³-hybridized carbons (Fsp3) is 0.143. The molecule has 0 aliphatic carbocycles. The van der Waals surface area contributed by atoms with Gasteiger partial charge in [0.1, 0.15) is 6.04 Å². The lowest BCUT2D eigenvalue weighted by atomic mass is 10.1. The van der Waals surface area contributed by atoms with Crippen LogP contribution in [-0.4, -0.2) is 35.0 Å². The number of hydrogen-bond acceptors (Lipinski definition) is 7. The number of aromatic hydroxyl groups is 1. The number of rotatable bonds is 9. The quantitative estimate of drug-likeness (QED) is 0.132. The Balaban J connectivity index is 1.76. The van der Waals surface area contributed by atoms with E-state index in [0.717, 1.165) is 0 Å². The number of phenols is 1. The molecular formula is C28H27N3O5. The van der Waals surface area contributed by atoms with Gasteiger partial charge in [0.15, 0.2) is 17.3 Å². The van der Waals surface area contributed by atoms with Crippen LogP contribution in [0, 0.1) is 0 Å². The van der Waals surface area contributed by atoms with Crippen LogP contribution in [0.1, 0.15) is 36.7 Å². The van der Waals surface area contributed by atoms with Crippen LogP contribution in [0.25, 0.3) is 0 Å². The molecule has 0 fully saturated rings. The zero-order chi connectivity index (χ0) is 26.1. The summed E-state index contributed by atoms with van der Waals surface area (Å²) in [7, 11) is 0. The summed E-state index contributed by atoms with van der Waals surface area (Å²) in [6.07, 6.45) is 2.96. The van der Waals surface area contributed by atoms with Gasteiger partial charge in [-0.1, -0.05) is 48.5 Å². The van der Waals surface area contributed by atoms with Gasteiger partial charge in [-0.25, -0.2) is 4.79 Å². The molecule has 0 spiro atoms. The molecule has 0 saturated carbocycles. The molecule has 0 unspecified atom stereocenters. The van der Waals surface area contributed by atoms with Crippen LogP contribution < -0.4 is 15.4 Å². The number of esters is 1. The summed E-state index contributed by atoms with van der Waals surface area (Å²) in [5.41, 5.74) is 2.78. The number of para-hydroxylation sites is 3. The van der Waals surface area contributed by atoms with Crippen molar-refractivity contribution in [1.82, 2.24) is 5.32 Å². The van der Waals surface area contributed by atoms with Crippen LogP contribution in [-0.2, 0) is 9.59 Å². The lowest BCUT2D eigenvalue weighted by Gasteiger charge is -2.13. The summed E-state index contributed by atoms with van der Waals surface area (Å²) in [5, 5.41) is 16.2. The normalized spacial score (nSPS) is 12.1. The minimum atomic E-state index is -0.873. The summed E-state index contributed by atoms with van der Waals surface area (Å²) in [6.45, 7) is 4.57. The molecule has 0 saturated heterocycles. The predicted molar refractivity (Wildman–Crippen MR) is 139 cm³/mol. The minimum Gasteiger partial charge on any atom is -0.504 e. The first-order valence-electron chi connectivity index (χ1n) is 11.2. The van der Waals surface area contributed by atoms with Gasteiger partial charge in [-0.15, -0.1) is 0 Å². The maximum atomic E-state index is 12.5. The lowest BCUT2D eigenvalue weighted by molar-refractivity contribution is -0.138. The molecule has 0 radical (unpaired) electrons. The maximum absolute atomic E-state index is 12.5. The molecule has 184 valence electrons. The number of anilines is 1. The molecule has 8 heteroatoms. The van der Waals surface area contributed by atoms with Crippen LogP contribution in [0.4, 0.5) is 11.4 Å². The van der Waals surface area contributed by atoms with Gasteiger partial charge in [0.25, 0.3) is 0 Å². The third-order valence-electron chi connectivity index (χ3n) is 5.00. The number of aliphatic imine (C=N–C) groups is 1. The number of nitrogens with one attached hydrogen (secondary N) is 2. The molecule has 0 aliphatic rings. The summed E-state index contributed by atoms with van der Waals surface area (Å²) < 4.78 is 5.23. The van der Waals surface area contributed by atoms with Gasteiger partial charge in [-0.3, -0.25) is 14.6 Å². The van der Waals surface area contributed by atoms with Gasteiger partial charge in [-0.2, -0.15) is 0 Å². The predicted octanol–water partition coefficient (Wildman–Crippen LogP) is 4.77. The average molecular weight is 486 g/mol. The van der Waals surface area contributed by atoms with Gasteiger partial charge < -0.3 is 20.5 Å². The molecule has 3 rings (SSSR count). The molecule has 3 N–H and O–H groups in total. The first-order chi connectivity index (χ1) is 17.2. The number of ketones is 1. The molecule has 36 heavy (non-hydrogen) atoms. The molecule has 3 aromatic rings. The lowest BCUT2D eigenvalue weighted by Crippen LogP contribution is -2.39. The number of hydrogen-bond donors (Lipinski definition) is 3. The van der Waals surface area contributed by atoms with Crippen LogP contribution >= 0.6 is 0 Å². The average Bonchev–Trinajstić information content (AvgIpc) is 2.85. The van der Waals surface area contributed by atoms with Gasteiger partial charge in [0.05, 0.1) is 11.4 Å². The Labute approximate surface area is 209 Å². The van der Waals surface area contributed by atoms with E-state index in [2.05, 4.69) is 15.6 Å². The number of carbonyl (C=O) groups excluding carboxylic acids is 3. The highest BCUT2D eigenvalue weighted by molar-refractivity contribution is 6.05. The second kappa shape index (κ2) is 12.1. The zero-order valence-corrected chi connectivity index (χ0v) is 20.2. The highest BCUT2D eigenvalue weighted by Gasteiger charge is 2.18. The first-order valence-corrected chi connectivity index (χ1v) is 11.2. The van der Waals surface area contributed by atoms with E-state index in [1.807, 2.05) is 36.4 Å². The van der Waals surface area contributed by atoms with Crippen molar-refractivity contribution >= 4 is 35.2 Å². The number of benzene rings is 3. The number of carbonyl (C=O) groups is 3. The Morgan fingerprint density at radius 1 is 0.944 bits per heavy atom. The van der Waals surface area contributed by atoms with Crippen molar-refractivity contribution < 1.29 is 24.2 Å². The van der Waals surface area contributed by atoms with E-state index in [1.165, 1.54) is 32.2 Å². The standard InChI is InChI=1S/C28H27N3O5/c1-18(16-25(33)21-10-5-4-6-11-21)30-24-14-8-7-13-23(24)29-17-22-12-9-15-26(27(22)34)36-28(35)19(2)31-20(3)32/h4-17,19,30,34H,1-3H3,(H,31,32)/t19-/m1/s1. The van der Waals surface area contributed by atoms with Crippen molar-refractivity contribution in [3.8, 4) is 11.5 Å². The summed E-state index contributed by atoms with van der Waals surface area (Å²) >= 11 is 0. The highest BCUT2D eigenvalue weighted by Crippen LogP contribution is 2.31. The summed E-state index contributed by atoms with van der Waals surface area (Å²) in [5.74, 6) is -1.51. The molecular weight excluding hydrogens is 458 g/mol. The van der Waals surface area contributed by atoms with Crippen molar-refractivity contribution in [3.05, 3.63) is 95.7 Å². The number of allylic oxidation sites excluding steroid dienone is 2. The molecule has 0 bridgehead atoms. The van der Waals surface area contributed by atoms with Gasteiger partial charge in [0.2, 0.25) is 5.91 Å². The van der Waals surface area contributed by atoms with E-state index in [1.54, 1.807) is 37.3 Å². The number of ether oxygens (including phenoxy) is 1. The van der Waals surface area contributed by atoms with Gasteiger partial charge in [0, 0.05) is 36.0 Å². The Kier molecular flexibility index (Phi) is 8.72. The first kappa shape index (κ1) is 25.9. The van der Waals surface area contributed by atoms with Crippen molar-refractivity contribution in [2.45, 2.75) is 26.8 Å². The monoisotopic (exact) mass is 485 g/mol. The van der Waals surface area contributed by atoms with E-state index in [0.29, 0.717) is 28.2 Å². The van der Waals surface area contributed by atoms with Gasteiger partial charge in [-0.05, 0) is 38.1 Å². The Hall–Kier alpha value is -4.72. The molecule has 0 aliphatic heterocycles. The maximum Gasteiger partial charge on any atom is 0.333 e. The molecule has 3 aromatic carbocycles.